The van der Waals surface area contributed by atoms with Crippen LogP contribution < -0.4 is 16.0 Å². The minimum Gasteiger partial charge on any atom is -0.353 e. The lowest BCUT2D eigenvalue weighted by Gasteiger charge is -2.26. The zero-order valence-electron chi connectivity index (χ0n) is 16.4. The molecule has 0 radical (unpaired) electrons. The van der Waals surface area contributed by atoms with Crippen molar-refractivity contribution in [2.45, 2.75) is 20.0 Å². The molecule has 1 fully saturated rings. The van der Waals surface area contributed by atoms with Crippen LogP contribution in [-0.4, -0.2) is 54.3 Å². The van der Waals surface area contributed by atoms with Gasteiger partial charge in [-0.2, -0.15) is 0 Å². The number of hydrogen-bond acceptors (Lipinski definition) is 5. The van der Waals surface area contributed by atoms with Crippen molar-refractivity contribution in [2.24, 2.45) is 4.99 Å². The Morgan fingerprint density at radius 3 is 2.62 bits per heavy atom. The van der Waals surface area contributed by atoms with Gasteiger partial charge in [0.15, 0.2) is 5.96 Å². The fourth-order valence-electron chi connectivity index (χ4n) is 2.81. The predicted octanol–water partition coefficient (Wildman–Crippen LogP) is 1.51. The predicted molar refractivity (Wildman–Crippen MR) is 125 cm³/mol. The van der Waals surface area contributed by atoms with Gasteiger partial charge in [0.05, 0.1) is 13.1 Å². The van der Waals surface area contributed by atoms with Crippen molar-refractivity contribution >= 4 is 53.1 Å². The number of guanidine groups is 1. The molecule has 8 nitrogen and oxygen atoms in total. The molecule has 2 amide bonds. The number of amides is 2. The second-order valence-corrected chi connectivity index (χ2v) is 7.74. The maximum Gasteiger partial charge on any atom is 0.254 e. The number of piperazine rings is 1. The minimum absolute atomic E-state index is 0. The molecule has 0 spiro atoms. The Labute approximate surface area is 191 Å². The summed E-state index contributed by atoms with van der Waals surface area (Å²) in [5.41, 5.74) is 1.61. The van der Waals surface area contributed by atoms with E-state index in [-0.39, 0.29) is 42.3 Å². The topological polar surface area (TPSA) is 98.7 Å². The molecule has 1 aliphatic heterocycles. The summed E-state index contributed by atoms with van der Waals surface area (Å²) < 4.78 is 0. The second-order valence-electron chi connectivity index (χ2n) is 6.42. The highest BCUT2D eigenvalue weighted by molar-refractivity contribution is 14.0. The summed E-state index contributed by atoms with van der Waals surface area (Å²) in [7, 11) is 1.72. The smallest absolute Gasteiger partial charge is 0.254 e. The molecule has 0 atom stereocenters. The van der Waals surface area contributed by atoms with Crippen LogP contribution >= 0.6 is 35.3 Å². The van der Waals surface area contributed by atoms with E-state index in [0.717, 1.165) is 10.6 Å². The maximum atomic E-state index is 12.5. The van der Waals surface area contributed by atoms with Crippen LogP contribution in [0.2, 0.25) is 0 Å². The number of thiazole rings is 1. The molecule has 0 bridgehead atoms. The molecule has 1 aliphatic rings. The Hall–Kier alpha value is -2.21. The summed E-state index contributed by atoms with van der Waals surface area (Å²) in [5.74, 6) is 0.449. The van der Waals surface area contributed by atoms with Gasteiger partial charge in [0, 0.05) is 43.3 Å². The first-order chi connectivity index (χ1) is 13.5. The Morgan fingerprint density at radius 1 is 1.28 bits per heavy atom. The Bertz CT molecular complexity index is 868. The van der Waals surface area contributed by atoms with Gasteiger partial charge in [-0.15, -0.1) is 35.3 Å². The maximum absolute atomic E-state index is 12.5. The second kappa shape index (κ2) is 11.1. The monoisotopic (exact) mass is 528 g/mol. The Balaban J connectivity index is 0.00000300. The molecular formula is C19H25IN6O2S. The molecule has 10 heteroatoms. The lowest BCUT2D eigenvalue weighted by Crippen LogP contribution is -2.49. The number of aromatic nitrogens is 1. The van der Waals surface area contributed by atoms with Crippen molar-refractivity contribution in [1.29, 1.82) is 0 Å². The van der Waals surface area contributed by atoms with E-state index >= 15 is 0 Å². The highest BCUT2D eigenvalue weighted by atomic mass is 127. The summed E-state index contributed by atoms with van der Waals surface area (Å²) in [4.78, 5) is 35.2. The van der Waals surface area contributed by atoms with Gasteiger partial charge in [0.1, 0.15) is 5.01 Å². The molecule has 3 N–H and O–H groups in total. The molecule has 156 valence electrons. The van der Waals surface area contributed by atoms with Crippen LogP contribution in [-0.2, 0) is 17.9 Å². The SMILES string of the molecule is CN=C(NCc1ccc(C(=O)N2CCNC(=O)C2)cc1)NCc1ncc(C)s1.I. The first-order valence-electron chi connectivity index (χ1n) is 9.06. The molecule has 0 saturated carbocycles. The lowest BCUT2D eigenvalue weighted by molar-refractivity contribution is -0.123. The van der Waals surface area contributed by atoms with Crippen molar-refractivity contribution in [1.82, 2.24) is 25.8 Å². The number of aryl methyl sites for hydroxylation is 1. The van der Waals surface area contributed by atoms with Crippen LogP contribution in [0.1, 0.15) is 25.8 Å². The van der Waals surface area contributed by atoms with Crippen molar-refractivity contribution in [2.75, 3.05) is 26.7 Å². The van der Waals surface area contributed by atoms with E-state index in [4.69, 9.17) is 0 Å². The highest BCUT2D eigenvalue weighted by Crippen LogP contribution is 2.11. The van der Waals surface area contributed by atoms with Crippen LogP contribution in [0.15, 0.2) is 35.5 Å². The summed E-state index contributed by atoms with van der Waals surface area (Å²) >= 11 is 1.65. The normalized spacial score (nSPS) is 14.1. The van der Waals surface area contributed by atoms with E-state index in [2.05, 4.69) is 25.9 Å². The molecular weight excluding hydrogens is 503 g/mol. The number of nitrogens with one attached hydrogen (secondary N) is 3. The Kier molecular flexibility index (Phi) is 8.83. The third kappa shape index (κ3) is 6.67. The number of nitrogens with zero attached hydrogens (tertiary/aromatic N) is 3. The molecule has 0 unspecified atom stereocenters. The van der Waals surface area contributed by atoms with Crippen LogP contribution in [0, 0.1) is 6.92 Å². The van der Waals surface area contributed by atoms with Gasteiger partial charge in [-0.1, -0.05) is 12.1 Å². The van der Waals surface area contributed by atoms with Gasteiger partial charge >= 0.3 is 0 Å². The quantitative estimate of drug-likeness (QED) is 0.311. The Morgan fingerprint density at radius 2 is 2.00 bits per heavy atom. The number of hydrogen-bond donors (Lipinski definition) is 3. The minimum atomic E-state index is -0.120. The van der Waals surface area contributed by atoms with Crippen LogP contribution in [0.25, 0.3) is 0 Å². The molecule has 3 rings (SSSR count). The highest BCUT2D eigenvalue weighted by Gasteiger charge is 2.22. The van der Waals surface area contributed by atoms with Crippen molar-refractivity contribution < 1.29 is 9.59 Å². The van der Waals surface area contributed by atoms with Gasteiger partial charge in [0.25, 0.3) is 5.91 Å². The van der Waals surface area contributed by atoms with E-state index in [0.29, 0.717) is 37.7 Å². The van der Waals surface area contributed by atoms with E-state index in [1.165, 1.54) is 4.88 Å². The fraction of sp³-hybridized carbons (Fsp3) is 0.368. The average molecular weight is 528 g/mol. The van der Waals surface area contributed by atoms with Crippen LogP contribution in [0.5, 0.6) is 0 Å². The molecule has 2 heterocycles. The number of carbonyl (C=O) groups is 2. The molecule has 1 aromatic heterocycles. The summed E-state index contributed by atoms with van der Waals surface area (Å²) in [6.45, 7) is 4.38. The van der Waals surface area contributed by atoms with Crippen molar-refractivity contribution in [3.63, 3.8) is 0 Å². The van der Waals surface area contributed by atoms with Gasteiger partial charge in [-0.3, -0.25) is 14.6 Å². The standard InChI is InChI=1S/C19H24N6O2S.HI/c1-13-9-22-17(28-13)11-24-19(20-2)23-10-14-3-5-15(6-4-14)18(27)25-8-7-21-16(26)12-25;/h3-6,9H,7-8,10-12H2,1-2H3,(H,21,26)(H2,20,23,24);1H. The van der Waals surface area contributed by atoms with Crippen LogP contribution in [0.4, 0.5) is 0 Å². The van der Waals surface area contributed by atoms with Gasteiger partial charge in [-0.05, 0) is 24.6 Å². The third-order valence-corrected chi connectivity index (χ3v) is 5.20. The number of carbonyl (C=O) groups excluding carboxylic acids is 2. The average Bonchev–Trinajstić information content (AvgIpc) is 3.13. The van der Waals surface area contributed by atoms with E-state index < -0.39 is 0 Å². The number of halogens is 1. The van der Waals surface area contributed by atoms with E-state index in [1.54, 1.807) is 35.4 Å². The van der Waals surface area contributed by atoms with Gasteiger partial charge in [0.2, 0.25) is 5.91 Å². The zero-order chi connectivity index (χ0) is 19.9. The van der Waals surface area contributed by atoms with Crippen molar-refractivity contribution in [3.05, 3.63) is 51.5 Å². The summed E-state index contributed by atoms with van der Waals surface area (Å²) in [5, 5.41) is 10.2. The largest absolute Gasteiger partial charge is 0.353 e. The van der Waals surface area contributed by atoms with Gasteiger partial charge < -0.3 is 20.9 Å². The lowest BCUT2D eigenvalue weighted by atomic mass is 10.1. The van der Waals surface area contributed by atoms with Crippen LogP contribution in [0.3, 0.4) is 0 Å². The molecule has 1 aromatic carbocycles. The zero-order valence-corrected chi connectivity index (χ0v) is 19.5. The van der Waals surface area contributed by atoms with Gasteiger partial charge in [-0.25, -0.2) is 4.98 Å². The number of benzene rings is 1. The molecule has 1 saturated heterocycles. The molecule has 0 aliphatic carbocycles. The van der Waals surface area contributed by atoms with E-state index in [1.807, 2.05) is 25.3 Å². The fourth-order valence-corrected chi connectivity index (χ4v) is 3.54. The van der Waals surface area contributed by atoms with Crippen molar-refractivity contribution in [3.8, 4) is 0 Å². The van der Waals surface area contributed by atoms with E-state index in [9.17, 15) is 9.59 Å². The number of aliphatic imine (C=N–C) groups is 1. The molecule has 2 aromatic rings. The summed E-state index contributed by atoms with van der Waals surface area (Å²) in [6, 6.07) is 7.39. The molecule has 29 heavy (non-hydrogen) atoms. The number of rotatable bonds is 5. The third-order valence-electron chi connectivity index (χ3n) is 4.29. The first kappa shape index (κ1) is 23.1. The first-order valence-corrected chi connectivity index (χ1v) is 9.87. The summed E-state index contributed by atoms with van der Waals surface area (Å²) in [6.07, 6.45) is 1.86.